The summed E-state index contributed by atoms with van der Waals surface area (Å²) in [7, 11) is 3.07. The topological polar surface area (TPSA) is 112 Å². The van der Waals surface area contributed by atoms with Gasteiger partial charge in [-0.3, -0.25) is 9.78 Å². The molecule has 0 bridgehead atoms. The Labute approximate surface area is 234 Å². The highest BCUT2D eigenvalue weighted by Crippen LogP contribution is 2.50. The highest BCUT2D eigenvalue weighted by molar-refractivity contribution is 5.98. The molecule has 14 heteroatoms. The third-order valence-corrected chi connectivity index (χ3v) is 7.76. The minimum absolute atomic E-state index is 0.0371. The fourth-order valence-corrected chi connectivity index (χ4v) is 5.81. The molecule has 0 amide bonds. The van der Waals surface area contributed by atoms with Gasteiger partial charge in [0.2, 0.25) is 5.43 Å². The van der Waals surface area contributed by atoms with Crippen molar-refractivity contribution >= 4 is 28.4 Å². The summed E-state index contributed by atoms with van der Waals surface area (Å²) in [6, 6.07) is 0.521. The molecule has 9 nitrogen and oxygen atoms in total. The number of nitrogens with one attached hydrogen (secondary N) is 2. The molecule has 0 saturated carbocycles. The summed E-state index contributed by atoms with van der Waals surface area (Å²) in [5, 5.41) is 14.8. The second-order valence-corrected chi connectivity index (χ2v) is 10.2. The first-order valence-electron chi connectivity index (χ1n) is 12.9. The molecular weight excluding hydrogens is 563 g/mol. The SMILES string of the molecule is CNc1cc(F)c(F)c2c1Cc1ncc(-c3cnc4c(c3)c(=O)c(C(=O)O)cn4C)c(N3CCNC(C(F)(F)F)C3)c1-2. The molecule has 6 rings (SSSR count). The smallest absolute Gasteiger partial charge is 0.405 e. The van der Waals surface area contributed by atoms with E-state index in [0.717, 1.165) is 12.3 Å². The quantitative estimate of drug-likeness (QED) is 0.272. The van der Waals surface area contributed by atoms with Gasteiger partial charge in [0.05, 0.1) is 16.8 Å². The highest BCUT2D eigenvalue weighted by atomic mass is 19.4. The summed E-state index contributed by atoms with van der Waals surface area (Å²) in [6.07, 6.45) is -0.526. The molecule has 1 aliphatic carbocycles. The molecule has 1 fully saturated rings. The minimum Gasteiger partial charge on any atom is -0.477 e. The van der Waals surface area contributed by atoms with E-state index in [1.54, 1.807) is 7.05 Å². The molecule has 1 atom stereocenters. The van der Waals surface area contributed by atoms with Crippen LogP contribution < -0.4 is 21.0 Å². The van der Waals surface area contributed by atoms with E-state index in [2.05, 4.69) is 20.6 Å². The maximum absolute atomic E-state index is 15.5. The lowest BCUT2D eigenvalue weighted by atomic mass is 9.96. The predicted molar refractivity (Wildman–Crippen MR) is 145 cm³/mol. The first kappa shape index (κ1) is 27.6. The van der Waals surface area contributed by atoms with E-state index >= 15 is 4.39 Å². The maximum Gasteiger partial charge on any atom is 0.405 e. The van der Waals surface area contributed by atoms with E-state index in [-0.39, 0.29) is 58.5 Å². The van der Waals surface area contributed by atoms with Gasteiger partial charge >= 0.3 is 12.1 Å². The number of hydrogen-bond acceptors (Lipinski definition) is 7. The van der Waals surface area contributed by atoms with Gasteiger partial charge in [-0.25, -0.2) is 18.6 Å². The van der Waals surface area contributed by atoms with E-state index in [4.69, 9.17) is 0 Å². The van der Waals surface area contributed by atoms with Crippen LogP contribution in [0.5, 0.6) is 0 Å². The van der Waals surface area contributed by atoms with E-state index in [1.165, 1.54) is 35.0 Å². The molecule has 42 heavy (non-hydrogen) atoms. The van der Waals surface area contributed by atoms with Crippen LogP contribution in [0.2, 0.25) is 0 Å². The predicted octanol–water partition coefficient (Wildman–Crippen LogP) is 3.93. The second-order valence-electron chi connectivity index (χ2n) is 10.2. The van der Waals surface area contributed by atoms with Crippen molar-refractivity contribution in [3.63, 3.8) is 0 Å². The van der Waals surface area contributed by atoms with Crippen molar-refractivity contribution in [3.05, 3.63) is 69.4 Å². The molecule has 218 valence electrons. The van der Waals surface area contributed by atoms with Crippen LogP contribution in [0.25, 0.3) is 33.3 Å². The molecule has 0 radical (unpaired) electrons. The second kappa shape index (κ2) is 9.76. The van der Waals surface area contributed by atoms with Gasteiger partial charge in [-0.05, 0) is 11.6 Å². The first-order valence-corrected chi connectivity index (χ1v) is 12.9. The number of rotatable bonds is 4. The molecule has 1 aliphatic heterocycles. The maximum atomic E-state index is 15.5. The van der Waals surface area contributed by atoms with Crippen molar-refractivity contribution in [2.75, 3.05) is 36.9 Å². The lowest BCUT2D eigenvalue weighted by molar-refractivity contribution is -0.155. The van der Waals surface area contributed by atoms with Gasteiger partial charge in [0, 0.05) is 92.7 Å². The normalized spacial score (nSPS) is 16.5. The largest absolute Gasteiger partial charge is 0.477 e. The zero-order valence-corrected chi connectivity index (χ0v) is 22.2. The summed E-state index contributed by atoms with van der Waals surface area (Å²) in [5.74, 6) is -3.72. The highest BCUT2D eigenvalue weighted by Gasteiger charge is 2.43. The molecule has 4 aromatic rings. The van der Waals surface area contributed by atoms with Crippen molar-refractivity contribution in [2.24, 2.45) is 7.05 Å². The van der Waals surface area contributed by atoms with Crippen molar-refractivity contribution < 1.29 is 31.9 Å². The number of pyridine rings is 3. The monoisotopic (exact) mass is 586 g/mol. The average molecular weight is 587 g/mol. The molecule has 3 aromatic heterocycles. The lowest BCUT2D eigenvalue weighted by Gasteiger charge is -2.38. The molecule has 1 aromatic carbocycles. The van der Waals surface area contributed by atoms with Gasteiger partial charge in [-0.2, -0.15) is 13.2 Å². The van der Waals surface area contributed by atoms with Gasteiger partial charge in [0.15, 0.2) is 11.6 Å². The summed E-state index contributed by atoms with van der Waals surface area (Å²) in [6.45, 7) is -0.462. The third-order valence-electron chi connectivity index (χ3n) is 7.76. The van der Waals surface area contributed by atoms with Crippen molar-refractivity contribution in [2.45, 2.75) is 18.6 Å². The summed E-state index contributed by atoms with van der Waals surface area (Å²) < 4.78 is 73.2. The van der Waals surface area contributed by atoms with Crippen molar-refractivity contribution in [3.8, 4) is 22.3 Å². The van der Waals surface area contributed by atoms with E-state index in [9.17, 15) is 32.3 Å². The Hall–Kier alpha value is -4.59. The summed E-state index contributed by atoms with van der Waals surface area (Å²) >= 11 is 0. The number of fused-ring (bicyclic) bond motifs is 4. The number of carbonyl (C=O) groups is 1. The first-order chi connectivity index (χ1) is 19.9. The summed E-state index contributed by atoms with van der Waals surface area (Å²) in [4.78, 5) is 35.0. The Morgan fingerprint density at radius 2 is 1.93 bits per heavy atom. The van der Waals surface area contributed by atoms with Gasteiger partial charge in [-0.15, -0.1) is 0 Å². The van der Waals surface area contributed by atoms with E-state index < -0.39 is 47.4 Å². The van der Waals surface area contributed by atoms with Crippen LogP contribution in [0, 0.1) is 11.6 Å². The van der Waals surface area contributed by atoms with Crippen LogP contribution in [0.3, 0.4) is 0 Å². The molecule has 0 spiro atoms. The molecule has 3 N–H and O–H groups in total. The number of nitrogens with zero attached hydrogens (tertiary/aromatic N) is 4. The Morgan fingerprint density at radius 3 is 2.62 bits per heavy atom. The molecular formula is C28H23F5N6O3. The van der Waals surface area contributed by atoms with Crippen LogP contribution in [0.4, 0.5) is 33.3 Å². The van der Waals surface area contributed by atoms with Gasteiger partial charge < -0.3 is 25.2 Å². The van der Waals surface area contributed by atoms with Crippen LogP contribution >= 0.6 is 0 Å². The summed E-state index contributed by atoms with van der Waals surface area (Å²) in [5.41, 5.74) is 0.708. The minimum atomic E-state index is -4.58. The fourth-order valence-electron chi connectivity index (χ4n) is 5.81. The van der Waals surface area contributed by atoms with Crippen molar-refractivity contribution in [1.29, 1.82) is 0 Å². The number of piperazine rings is 1. The van der Waals surface area contributed by atoms with Crippen LogP contribution in [0.1, 0.15) is 21.6 Å². The van der Waals surface area contributed by atoms with E-state index in [0.29, 0.717) is 16.9 Å². The average Bonchev–Trinajstić information content (AvgIpc) is 3.35. The number of alkyl halides is 3. The Balaban J connectivity index is 1.65. The Bertz CT molecular complexity index is 1860. The van der Waals surface area contributed by atoms with Crippen LogP contribution in [0.15, 0.2) is 35.5 Å². The lowest BCUT2D eigenvalue weighted by Crippen LogP contribution is -2.57. The van der Waals surface area contributed by atoms with Gasteiger partial charge in [-0.1, -0.05) is 0 Å². The number of carboxylic acids is 1. The Morgan fingerprint density at radius 1 is 1.17 bits per heavy atom. The van der Waals surface area contributed by atoms with Crippen LogP contribution in [-0.4, -0.2) is 64.5 Å². The molecule has 4 heterocycles. The van der Waals surface area contributed by atoms with Gasteiger partial charge in [0.25, 0.3) is 0 Å². The fraction of sp³-hybridized carbons (Fsp3) is 0.286. The number of aromatic carboxylic acids is 1. The van der Waals surface area contributed by atoms with E-state index in [1.807, 2.05) is 0 Å². The number of halogens is 5. The standard InChI is InChI=1S/C28H23F5N6O3/c1-34-18-7-17(29)23(30)21-13(18)6-19-22(21)24(39-4-3-35-20(11-39)28(31,32)33)15(9-36-19)12-5-14-25(40)16(27(41)42)10-38(2)26(14)37-8-12/h5,7-10,20,34-35H,3-4,6,11H2,1-2H3,(H,41,42). The zero-order chi connectivity index (χ0) is 30.1. The number of carboxylic acid groups (broad SMARTS) is 1. The van der Waals surface area contributed by atoms with Crippen molar-refractivity contribution in [1.82, 2.24) is 19.9 Å². The number of benzene rings is 1. The molecule has 1 saturated heterocycles. The third kappa shape index (κ3) is 4.24. The zero-order valence-electron chi connectivity index (χ0n) is 22.2. The van der Waals surface area contributed by atoms with Gasteiger partial charge in [0.1, 0.15) is 17.3 Å². The number of anilines is 2. The number of aryl methyl sites for hydroxylation is 1. The number of aromatic nitrogens is 3. The molecule has 2 aliphatic rings. The number of hydrogen-bond donors (Lipinski definition) is 3. The Kier molecular flexibility index (Phi) is 6.40. The van der Waals surface area contributed by atoms with Crippen LogP contribution in [-0.2, 0) is 13.5 Å². The molecule has 1 unspecified atom stereocenters.